The zero-order valence-electron chi connectivity index (χ0n) is 9.65. The van der Waals surface area contributed by atoms with E-state index in [4.69, 9.17) is 11.0 Å². The second kappa shape index (κ2) is 7.36. The highest BCUT2D eigenvalue weighted by atomic mass is 16.1. The van der Waals surface area contributed by atoms with Crippen LogP contribution in [-0.4, -0.2) is 17.4 Å². The van der Waals surface area contributed by atoms with Crippen LogP contribution in [0.1, 0.15) is 30.5 Å². The molecule has 1 aromatic heterocycles. The number of amides is 1. The molecule has 1 heterocycles. The number of aromatic nitrogens is 1. The van der Waals surface area contributed by atoms with Crippen LogP contribution in [0, 0.1) is 11.3 Å². The number of pyridine rings is 1. The molecular weight excluding hydrogens is 216 g/mol. The molecule has 0 fully saturated rings. The van der Waals surface area contributed by atoms with E-state index in [1.165, 1.54) is 0 Å². The smallest absolute Gasteiger partial charge is 0.217 e. The van der Waals surface area contributed by atoms with Gasteiger partial charge in [0.2, 0.25) is 5.91 Å². The summed E-state index contributed by atoms with van der Waals surface area (Å²) in [6, 6.07) is 5.74. The fourth-order valence-electron chi connectivity index (χ4n) is 1.45. The quantitative estimate of drug-likeness (QED) is 0.677. The van der Waals surface area contributed by atoms with E-state index in [0.29, 0.717) is 18.7 Å². The van der Waals surface area contributed by atoms with Crippen molar-refractivity contribution in [2.24, 2.45) is 5.73 Å². The maximum Gasteiger partial charge on any atom is 0.217 e. The Bertz CT molecular complexity index is 411. The van der Waals surface area contributed by atoms with Crippen LogP contribution in [-0.2, 0) is 11.3 Å². The van der Waals surface area contributed by atoms with E-state index < -0.39 is 0 Å². The SMILES string of the molecule is N#Cc1ncccc1CNCCCCC(N)=O. The highest BCUT2D eigenvalue weighted by Gasteiger charge is 2.01. The van der Waals surface area contributed by atoms with Gasteiger partial charge in [-0.15, -0.1) is 0 Å². The minimum absolute atomic E-state index is 0.260. The first kappa shape index (κ1) is 13.1. The van der Waals surface area contributed by atoms with Crippen LogP contribution >= 0.6 is 0 Å². The minimum atomic E-state index is -0.260. The summed E-state index contributed by atoms with van der Waals surface area (Å²) in [7, 11) is 0. The van der Waals surface area contributed by atoms with Crippen LogP contribution in [0.2, 0.25) is 0 Å². The monoisotopic (exact) mass is 232 g/mol. The molecule has 5 nitrogen and oxygen atoms in total. The molecule has 0 aliphatic heterocycles. The Balaban J connectivity index is 2.22. The van der Waals surface area contributed by atoms with Gasteiger partial charge in [-0.05, 0) is 25.5 Å². The van der Waals surface area contributed by atoms with Crippen LogP contribution in [0.3, 0.4) is 0 Å². The number of nitrogens with two attached hydrogens (primary N) is 1. The summed E-state index contributed by atoms with van der Waals surface area (Å²) in [6.07, 6.45) is 3.72. The first-order valence-corrected chi connectivity index (χ1v) is 5.57. The Labute approximate surface area is 101 Å². The third-order valence-electron chi connectivity index (χ3n) is 2.34. The number of rotatable bonds is 7. The lowest BCUT2D eigenvalue weighted by molar-refractivity contribution is -0.118. The predicted octanol–water partition coefficient (Wildman–Crippen LogP) is 0.698. The first-order valence-electron chi connectivity index (χ1n) is 5.57. The number of hydrogen-bond acceptors (Lipinski definition) is 4. The Hall–Kier alpha value is -1.93. The van der Waals surface area contributed by atoms with E-state index in [-0.39, 0.29) is 5.91 Å². The number of carbonyl (C=O) groups is 1. The fraction of sp³-hybridized carbons (Fsp3) is 0.417. The summed E-state index contributed by atoms with van der Waals surface area (Å²) in [6.45, 7) is 1.42. The summed E-state index contributed by atoms with van der Waals surface area (Å²) >= 11 is 0. The van der Waals surface area contributed by atoms with Gasteiger partial charge in [0, 0.05) is 24.7 Å². The molecule has 0 aromatic carbocycles. The van der Waals surface area contributed by atoms with Crippen molar-refractivity contribution in [1.29, 1.82) is 5.26 Å². The third-order valence-corrected chi connectivity index (χ3v) is 2.34. The highest BCUT2D eigenvalue weighted by molar-refractivity contribution is 5.73. The van der Waals surface area contributed by atoms with Crippen LogP contribution < -0.4 is 11.1 Å². The lowest BCUT2D eigenvalue weighted by Gasteiger charge is -2.05. The summed E-state index contributed by atoms with van der Waals surface area (Å²) < 4.78 is 0. The van der Waals surface area contributed by atoms with Crippen molar-refractivity contribution in [1.82, 2.24) is 10.3 Å². The molecule has 5 heteroatoms. The number of nitrogens with one attached hydrogen (secondary N) is 1. The number of hydrogen-bond donors (Lipinski definition) is 2. The van der Waals surface area contributed by atoms with E-state index in [2.05, 4.69) is 16.4 Å². The number of unbranched alkanes of at least 4 members (excludes halogenated alkanes) is 1. The molecule has 1 amide bonds. The summed E-state index contributed by atoms with van der Waals surface area (Å²) in [4.78, 5) is 14.5. The molecule has 0 aliphatic carbocycles. The van der Waals surface area contributed by atoms with Crippen LogP contribution in [0.25, 0.3) is 0 Å². The standard InChI is InChI=1S/C12H16N4O/c13-8-11-10(4-3-7-16-11)9-15-6-2-1-5-12(14)17/h3-4,7,15H,1-2,5-6,9H2,(H2,14,17). The van der Waals surface area contributed by atoms with E-state index in [0.717, 1.165) is 24.9 Å². The molecule has 1 rings (SSSR count). The maximum absolute atomic E-state index is 10.5. The topological polar surface area (TPSA) is 91.8 Å². The van der Waals surface area contributed by atoms with Gasteiger partial charge in [0.15, 0.2) is 0 Å². The molecule has 0 spiro atoms. The van der Waals surface area contributed by atoms with E-state index in [1.807, 2.05) is 12.1 Å². The van der Waals surface area contributed by atoms with Gasteiger partial charge in [-0.25, -0.2) is 4.98 Å². The van der Waals surface area contributed by atoms with Crippen molar-refractivity contribution >= 4 is 5.91 Å². The van der Waals surface area contributed by atoms with Crippen molar-refractivity contribution in [3.05, 3.63) is 29.6 Å². The van der Waals surface area contributed by atoms with Crippen LogP contribution in [0.5, 0.6) is 0 Å². The maximum atomic E-state index is 10.5. The number of carbonyl (C=O) groups excluding carboxylic acids is 1. The second-order valence-electron chi connectivity index (χ2n) is 3.72. The predicted molar refractivity (Wildman–Crippen MR) is 63.7 cm³/mol. The summed E-state index contributed by atoms with van der Waals surface area (Å²) in [5.41, 5.74) is 6.38. The molecule has 0 radical (unpaired) electrons. The van der Waals surface area contributed by atoms with Crippen molar-refractivity contribution in [2.75, 3.05) is 6.54 Å². The largest absolute Gasteiger partial charge is 0.370 e. The van der Waals surface area contributed by atoms with Crippen molar-refractivity contribution in [3.8, 4) is 6.07 Å². The van der Waals surface area contributed by atoms with Gasteiger partial charge in [0.25, 0.3) is 0 Å². The minimum Gasteiger partial charge on any atom is -0.370 e. The van der Waals surface area contributed by atoms with Gasteiger partial charge in [-0.2, -0.15) is 5.26 Å². The fourth-order valence-corrected chi connectivity index (χ4v) is 1.45. The first-order chi connectivity index (χ1) is 8.24. The average molecular weight is 232 g/mol. The molecule has 90 valence electrons. The van der Waals surface area contributed by atoms with Crippen LogP contribution in [0.15, 0.2) is 18.3 Å². The van der Waals surface area contributed by atoms with Gasteiger partial charge in [-0.3, -0.25) is 4.79 Å². The Morgan fingerprint density at radius 2 is 2.35 bits per heavy atom. The molecule has 17 heavy (non-hydrogen) atoms. The Kier molecular flexibility index (Phi) is 5.69. The number of nitrogens with zero attached hydrogens (tertiary/aromatic N) is 2. The lowest BCUT2D eigenvalue weighted by Crippen LogP contribution is -2.17. The molecule has 3 N–H and O–H groups in total. The van der Waals surface area contributed by atoms with Crippen molar-refractivity contribution in [3.63, 3.8) is 0 Å². The van der Waals surface area contributed by atoms with E-state index >= 15 is 0 Å². The normalized spacial score (nSPS) is 9.82. The molecule has 1 aromatic rings. The number of primary amides is 1. The van der Waals surface area contributed by atoms with Crippen molar-refractivity contribution < 1.29 is 4.79 Å². The summed E-state index contributed by atoms with van der Waals surface area (Å²) in [5, 5.41) is 12.0. The molecule has 0 bridgehead atoms. The lowest BCUT2D eigenvalue weighted by atomic mass is 10.2. The van der Waals surface area contributed by atoms with Gasteiger partial charge in [0.1, 0.15) is 11.8 Å². The van der Waals surface area contributed by atoms with Gasteiger partial charge >= 0.3 is 0 Å². The Morgan fingerprint density at radius 1 is 1.53 bits per heavy atom. The zero-order valence-corrected chi connectivity index (χ0v) is 9.65. The molecule has 0 saturated carbocycles. The summed E-state index contributed by atoms with van der Waals surface area (Å²) in [5.74, 6) is -0.260. The molecule has 0 atom stereocenters. The van der Waals surface area contributed by atoms with Crippen molar-refractivity contribution in [2.45, 2.75) is 25.8 Å². The molecular formula is C12H16N4O. The third kappa shape index (κ3) is 5.09. The van der Waals surface area contributed by atoms with Gasteiger partial charge in [0.05, 0.1) is 0 Å². The highest BCUT2D eigenvalue weighted by Crippen LogP contribution is 2.03. The van der Waals surface area contributed by atoms with E-state index in [9.17, 15) is 4.79 Å². The average Bonchev–Trinajstić information content (AvgIpc) is 2.33. The van der Waals surface area contributed by atoms with E-state index in [1.54, 1.807) is 6.20 Å². The molecule has 0 aliphatic rings. The van der Waals surface area contributed by atoms with Gasteiger partial charge in [-0.1, -0.05) is 6.07 Å². The van der Waals surface area contributed by atoms with Gasteiger partial charge < -0.3 is 11.1 Å². The second-order valence-corrected chi connectivity index (χ2v) is 3.72. The van der Waals surface area contributed by atoms with Crippen LogP contribution in [0.4, 0.5) is 0 Å². The molecule has 0 saturated heterocycles. The Morgan fingerprint density at radius 3 is 3.06 bits per heavy atom. The number of nitriles is 1. The molecule has 0 unspecified atom stereocenters. The zero-order chi connectivity index (χ0) is 12.5.